The minimum atomic E-state index is 0.141. The van der Waals surface area contributed by atoms with Crippen LogP contribution in [0.15, 0.2) is 36.0 Å². The molecule has 3 fully saturated rings. The number of allylic oxidation sites excluding steroid dienone is 2. The number of amides is 1. The average Bonchev–Trinajstić information content (AvgIpc) is 3.01. The summed E-state index contributed by atoms with van der Waals surface area (Å²) in [5.74, 6) is 3.81. The number of ether oxygens (including phenoxy) is 1. The number of carbonyl (C=O) groups is 1. The average molecular weight is 394 g/mol. The highest BCUT2D eigenvalue weighted by Gasteiger charge is 2.59. The van der Waals surface area contributed by atoms with Crippen LogP contribution in [-0.4, -0.2) is 12.0 Å². The molecule has 0 bridgehead atoms. The molecule has 0 spiro atoms. The van der Waals surface area contributed by atoms with Gasteiger partial charge in [0.15, 0.2) is 0 Å². The summed E-state index contributed by atoms with van der Waals surface area (Å²) in [6.07, 6.45) is 9.31. The topological polar surface area (TPSA) is 38.3 Å². The van der Waals surface area contributed by atoms with E-state index >= 15 is 0 Å². The second-order valence-electron chi connectivity index (χ2n) is 10.9. The Hall–Kier alpha value is -1.77. The van der Waals surface area contributed by atoms with Gasteiger partial charge in [-0.25, -0.2) is 0 Å². The Morgan fingerprint density at radius 2 is 1.86 bits per heavy atom. The molecule has 1 aromatic rings. The number of piperidine rings is 1. The Morgan fingerprint density at radius 3 is 2.62 bits per heavy atom. The van der Waals surface area contributed by atoms with Gasteiger partial charge in [-0.1, -0.05) is 44.5 Å². The monoisotopic (exact) mass is 393 g/mol. The first-order chi connectivity index (χ1) is 13.8. The van der Waals surface area contributed by atoms with E-state index < -0.39 is 0 Å². The van der Waals surface area contributed by atoms with Crippen molar-refractivity contribution in [3.8, 4) is 5.75 Å². The van der Waals surface area contributed by atoms with Crippen molar-refractivity contribution in [2.45, 2.75) is 72.3 Å². The molecule has 1 aromatic carbocycles. The largest absolute Gasteiger partial charge is 0.490 e. The Bertz CT molecular complexity index is 843. The van der Waals surface area contributed by atoms with Gasteiger partial charge in [0.05, 0.1) is 6.10 Å². The van der Waals surface area contributed by atoms with E-state index in [2.05, 4.69) is 63.4 Å². The summed E-state index contributed by atoms with van der Waals surface area (Å²) in [6, 6.07) is 8.52. The molecule has 5 rings (SSSR count). The molecule has 1 aliphatic heterocycles. The summed E-state index contributed by atoms with van der Waals surface area (Å²) in [7, 11) is 0. The lowest BCUT2D eigenvalue weighted by Gasteiger charge is -2.58. The Labute approximate surface area is 175 Å². The molecular weight excluding hydrogens is 358 g/mol. The molecular formula is C26H35NO2. The van der Waals surface area contributed by atoms with Crippen LogP contribution >= 0.6 is 0 Å². The molecule has 3 heteroatoms. The van der Waals surface area contributed by atoms with Gasteiger partial charge in [0.25, 0.3) is 0 Å². The maximum Gasteiger partial charge on any atom is 0.224 e. The van der Waals surface area contributed by atoms with Gasteiger partial charge in [0, 0.05) is 17.5 Å². The fraction of sp³-hybridized carbons (Fsp3) is 0.654. The van der Waals surface area contributed by atoms with Gasteiger partial charge in [-0.2, -0.15) is 0 Å². The van der Waals surface area contributed by atoms with E-state index in [1.807, 2.05) is 0 Å². The molecule has 4 aliphatic rings. The maximum atomic E-state index is 12.0. The van der Waals surface area contributed by atoms with Crippen LogP contribution in [0.5, 0.6) is 5.75 Å². The number of aryl methyl sites for hydroxylation is 1. The third kappa shape index (κ3) is 3.04. The zero-order valence-electron chi connectivity index (χ0n) is 18.3. The molecule has 3 nitrogen and oxygen atoms in total. The zero-order valence-corrected chi connectivity index (χ0v) is 18.3. The lowest BCUT2D eigenvalue weighted by atomic mass is 9.48. The van der Waals surface area contributed by atoms with E-state index in [0.29, 0.717) is 41.6 Å². The normalized spacial score (nSPS) is 43.5. The van der Waals surface area contributed by atoms with Crippen LogP contribution < -0.4 is 10.1 Å². The number of rotatable bonds is 2. The van der Waals surface area contributed by atoms with E-state index in [1.165, 1.54) is 36.9 Å². The summed E-state index contributed by atoms with van der Waals surface area (Å²) in [4.78, 5) is 12.0. The summed E-state index contributed by atoms with van der Waals surface area (Å²) >= 11 is 0. The Kier molecular flexibility index (Phi) is 4.38. The summed E-state index contributed by atoms with van der Waals surface area (Å²) in [6.45, 7) is 9.43. The van der Waals surface area contributed by atoms with Gasteiger partial charge in [-0.15, -0.1) is 0 Å². The van der Waals surface area contributed by atoms with E-state index in [-0.39, 0.29) is 11.3 Å². The third-order valence-electron chi connectivity index (χ3n) is 9.00. The summed E-state index contributed by atoms with van der Waals surface area (Å²) in [5.41, 5.74) is 3.02. The van der Waals surface area contributed by atoms with Crippen LogP contribution in [0.4, 0.5) is 0 Å². The molecule has 1 heterocycles. The first-order valence-corrected chi connectivity index (χ1v) is 11.5. The second-order valence-corrected chi connectivity index (χ2v) is 10.9. The van der Waals surface area contributed by atoms with Gasteiger partial charge in [0.1, 0.15) is 5.75 Å². The fourth-order valence-electron chi connectivity index (χ4n) is 7.42. The van der Waals surface area contributed by atoms with Crippen molar-refractivity contribution in [2.75, 3.05) is 0 Å². The van der Waals surface area contributed by atoms with Crippen molar-refractivity contribution in [1.29, 1.82) is 0 Å². The summed E-state index contributed by atoms with van der Waals surface area (Å²) < 4.78 is 6.48. The number of hydrogen-bond acceptors (Lipinski definition) is 2. The van der Waals surface area contributed by atoms with E-state index in [1.54, 1.807) is 0 Å². The van der Waals surface area contributed by atoms with Crippen LogP contribution in [-0.2, 0) is 4.79 Å². The van der Waals surface area contributed by atoms with Gasteiger partial charge in [-0.05, 0) is 80.2 Å². The van der Waals surface area contributed by atoms with E-state index in [0.717, 1.165) is 12.2 Å². The van der Waals surface area contributed by atoms with Crippen LogP contribution in [0.1, 0.15) is 64.9 Å². The number of nitrogens with one attached hydrogen (secondary N) is 1. The molecule has 2 saturated carbocycles. The highest BCUT2D eigenvalue weighted by Crippen LogP contribution is 2.65. The number of benzene rings is 1. The van der Waals surface area contributed by atoms with Crippen molar-refractivity contribution in [3.63, 3.8) is 0 Å². The minimum Gasteiger partial charge on any atom is -0.490 e. The van der Waals surface area contributed by atoms with Crippen molar-refractivity contribution < 1.29 is 9.53 Å². The number of carbonyl (C=O) groups excluding carboxylic acids is 1. The molecule has 156 valence electrons. The van der Waals surface area contributed by atoms with Crippen LogP contribution in [0.3, 0.4) is 0 Å². The van der Waals surface area contributed by atoms with E-state index in [4.69, 9.17) is 4.74 Å². The molecule has 1 amide bonds. The molecule has 1 N–H and O–H groups in total. The van der Waals surface area contributed by atoms with Crippen LogP contribution in [0, 0.1) is 41.4 Å². The SMILES string of the molecule is Cc1ccc(OC2C[C@H]3[C@@H]4C(C)C=C5NC(=O)CC[C@]5(C)[C@@H]4CC[C@]3(C)C2)cc1. The first-order valence-electron chi connectivity index (χ1n) is 11.5. The predicted molar refractivity (Wildman–Crippen MR) is 115 cm³/mol. The second kappa shape index (κ2) is 6.62. The smallest absolute Gasteiger partial charge is 0.224 e. The van der Waals surface area contributed by atoms with Crippen molar-refractivity contribution in [3.05, 3.63) is 41.6 Å². The molecule has 7 atom stereocenters. The fourth-order valence-corrected chi connectivity index (χ4v) is 7.42. The molecule has 2 unspecified atom stereocenters. The van der Waals surface area contributed by atoms with Crippen molar-refractivity contribution >= 4 is 5.91 Å². The Balaban J connectivity index is 1.41. The molecule has 29 heavy (non-hydrogen) atoms. The quantitative estimate of drug-likeness (QED) is 0.707. The Morgan fingerprint density at radius 1 is 1.10 bits per heavy atom. The molecule has 3 aliphatic carbocycles. The van der Waals surface area contributed by atoms with Crippen molar-refractivity contribution in [2.24, 2.45) is 34.5 Å². The number of fused-ring (bicyclic) bond motifs is 5. The van der Waals surface area contributed by atoms with Gasteiger partial charge in [-0.3, -0.25) is 4.79 Å². The predicted octanol–water partition coefficient (Wildman–Crippen LogP) is 5.63. The van der Waals surface area contributed by atoms with Crippen molar-refractivity contribution in [1.82, 2.24) is 5.32 Å². The van der Waals surface area contributed by atoms with Crippen LogP contribution in [0.25, 0.3) is 0 Å². The third-order valence-corrected chi connectivity index (χ3v) is 9.00. The molecule has 0 radical (unpaired) electrons. The highest BCUT2D eigenvalue weighted by molar-refractivity contribution is 5.79. The molecule has 0 aromatic heterocycles. The standard InChI is InChI=1S/C26H35NO2/c1-16-5-7-18(8-6-16)29-19-14-21-24-17(2)13-22-26(4,12-10-23(28)27-22)20(24)9-11-25(21,3)15-19/h5-8,13,17,19-21,24H,9-12,14-15H2,1-4H3,(H,27,28)/t17?,19?,20-,21+,24-,25-,26-/m1/s1. The van der Waals surface area contributed by atoms with Gasteiger partial charge < -0.3 is 10.1 Å². The molecule has 1 saturated heterocycles. The lowest BCUT2D eigenvalue weighted by molar-refractivity contribution is -0.125. The highest BCUT2D eigenvalue weighted by atomic mass is 16.5. The first kappa shape index (κ1) is 19.2. The number of hydrogen-bond donors (Lipinski definition) is 1. The lowest BCUT2D eigenvalue weighted by Crippen LogP contribution is -2.54. The maximum absolute atomic E-state index is 12.0. The summed E-state index contributed by atoms with van der Waals surface area (Å²) in [5, 5.41) is 3.23. The van der Waals surface area contributed by atoms with Gasteiger partial charge >= 0.3 is 0 Å². The van der Waals surface area contributed by atoms with E-state index in [9.17, 15) is 4.79 Å². The zero-order chi connectivity index (χ0) is 20.4. The van der Waals surface area contributed by atoms with Crippen LogP contribution in [0.2, 0.25) is 0 Å². The van der Waals surface area contributed by atoms with Gasteiger partial charge in [0.2, 0.25) is 5.91 Å². The minimum absolute atomic E-state index is 0.141.